The van der Waals surface area contributed by atoms with Crippen LogP contribution in [0.1, 0.15) is 12.5 Å². The third kappa shape index (κ3) is 2.04. The van der Waals surface area contributed by atoms with Crippen molar-refractivity contribution >= 4 is 21.8 Å². The number of rotatable bonds is 1. The van der Waals surface area contributed by atoms with Gasteiger partial charge in [0.25, 0.3) is 0 Å². The van der Waals surface area contributed by atoms with E-state index in [1.807, 2.05) is 14.0 Å². The summed E-state index contributed by atoms with van der Waals surface area (Å²) in [5.74, 6) is 0.468. The van der Waals surface area contributed by atoms with Crippen LogP contribution in [0.3, 0.4) is 0 Å². The zero-order chi connectivity index (χ0) is 11.0. The minimum atomic E-state index is -0.0981. The Morgan fingerprint density at radius 2 is 2.33 bits per heavy atom. The maximum absolute atomic E-state index is 11.2. The molecule has 0 fully saturated rings. The second kappa shape index (κ2) is 3.69. The molecule has 80 valence electrons. The Balaban J connectivity index is 2.35. The van der Waals surface area contributed by atoms with Crippen molar-refractivity contribution in [1.29, 1.82) is 0 Å². The molecule has 5 nitrogen and oxygen atoms in total. The van der Waals surface area contributed by atoms with Crippen molar-refractivity contribution < 1.29 is 9.47 Å². The highest BCUT2D eigenvalue weighted by Crippen LogP contribution is 2.16. The zero-order valence-corrected chi connectivity index (χ0v) is 9.93. The number of nitrogens with zero attached hydrogens (tertiary/aromatic N) is 3. The van der Waals surface area contributed by atoms with Crippen LogP contribution in [0.25, 0.3) is 0 Å². The molecule has 2 heterocycles. The lowest BCUT2D eigenvalue weighted by Crippen LogP contribution is -2.27. The van der Waals surface area contributed by atoms with Gasteiger partial charge in [-0.1, -0.05) is 0 Å². The van der Waals surface area contributed by atoms with Crippen LogP contribution < -0.4 is 4.73 Å². The molecule has 0 amide bonds. The quantitative estimate of drug-likeness (QED) is 0.567. The van der Waals surface area contributed by atoms with Gasteiger partial charge < -0.3 is 9.94 Å². The molecule has 0 N–H and O–H groups in total. The lowest BCUT2D eigenvalue weighted by atomic mass is 10.3. The molecule has 2 rings (SSSR count). The van der Waals surface area contributed by atoms with Gasteiger partial charge in [-0.05, 0) is 28.9 Å². The summed E-state index contributed by atoms with van der Waals surface area (Å²) in [7, 11) is 1.82. The minimum Gasteiger partial charge on any atom is -0.619 e. The Kier molecular flexibility index (Phi) is 2.52. The first-order valence-corrected chi connectivity index (χ1v) is 5.23. The number of hydrogen-bond acceptors (Lipinski definition) is 4. The summed E-state index contributed by atoms with van der Waals surface area (Å²) in [5.41, 5.74) is 0.663. The SMILES string of the molecule is CC1OC(c2cc(Br)c[n+]([O-])c2)=NN1C. The van der Waals surface area contributed by atoms with Crippen molar-refractivity contribution in [3.8, 4) is 0 Å². The van der Waals surface area contributed by atoms with Gasteiger partial charge in [-0.15, -0.1) is 5.10 Å². The Labute approximate surface area is 95.7 Å². The maximum atomic E-state index is 11.2. The van der Waals surface area contributed by atoms with Crippen molar-refractivity contribution in [3.05, 3.63) is 33.7 Å². The van der Waals surface area contributed by atoms with Crippen molar-refractivity contribution in [2.75, 3.05) is 7.05 Å². The van der Waals surface area contributed by atoms with E-state index in [1.54, 1.807) is 11.1 Å². The van der Waals surface area contributed by atoms with Crippen molar-refractivity contribution in [3.63, 3.8) is 0 Å². The second-order valence-corrected chi connectivity index (χ2v) is 4.21. The molecule has 15 heavy (non-hydrogen) atoms. The Hall–Kier alpha value is -1.30. The van der Waals surface area contributed by atoms with Gasteiger partial charge in [0.05, 0.1) is 4.47 Å². The molecule has 0 spiro atoms. The first kappa shape index (κ1) is 10.2. The van der Waals surface area contributed by atoms with E-state index in [-0.39, 0.29) is 6.23 Å². The number of aromatic nitrogens is 1. The van der Waals surface area contributed by atoms with E-state index >= 15 is 0 Å². The lowest BCUT2D eigenvalue weighted by Gasteiger charge is -2.11. The molecule has 1 atom stereocenters. The van der Waals surface area contributed by atoms with E-state index in [2.05, 4.69) is 21.0 Å². The number of ether oxygens (including phenoxy) is 1. The highest BCUT2D eigenvalue weighted by molar-refractivity contribution is 9.10. The first-order chi connectivity index (χ1) is 7.06. The topological polar surface area (TPSA) is 51.8 Å². The minimum absolute atomic E-state index is 0.0981. The van der Waals surface area contributed by atoms with Gasteiger partial charge in [-0.3, -0.25) is 5.01 Å². The van der Waals surface area contributed by atoms with Gasteiger partial charge in [0.2, 0.25) is 5.90 Å². The number of halogens is 1. The van der Waals surface area contributed by atoms with Crippen LogP contribution in [0.4, 0.5) is 0 Å². The Morgan fingerprint density at radius 1 is 1.60 bits per heavy atom. The molecule has 1 aromatic heterocycles. The third-order valence-electron chi connectivity index (χ3n) is 2.11. The zero-order valence-electron chi connectivity index (χ0n) is 8.35. The maximum Gasteiger partial charge on any atom is 0.246 e. The summed E-state index contributed by atoms with van der Waals surface area (Å²) in [6.45, 7) is 1.89. The largest absolute Gasteiger partial charge is 0.619 e. The van der Waals surface area contributed by atoms with Crippen LogP contribution in [0.15, 0.2) is 28.0 Å². The number of hydrazone groups is 1. The first-order valence-electron chi connectivity index (χ1n) is 4.44. The standard InChI is InChI=1S/C9H10BrN3O2/c1-6-12(2)11-9(15-6)7-3-8(10)5-13(14)4-7/h3-6H,1-2H3. The molecule has 0 aliphatic carbocycles. The van der Waals surface area contributed by atoms with E-state index < -0.39 is 0 Å². The van der Waals surface area contributed by atoms with E-state index in [4.69, 9.17) is 4.74 Å². The van der Waals surface area contributed by atoms with Crippen LogP contribution in [-0.2, 0) is 4.74 Å². The fourth-order valence-electron chi connectivity index (χ4n) is 1.25. The van der Waals surface area contributed by atoms with Gasteiger partial charge in [-0.2, -0.15) is 4.73 Å². The smallest absolute Gasteiger partial charge is 0.246 e. The van der Waals surface area contributed by atoms with Crippen LogP contribution in [0.2, 0.25) is 0 Å². The third-order valence-corrected chi connectivity index (χ3v) is 2.55. The molecule has 1 aliphatic heterocycles. The average Bonchev–Trinajstić information content (AvgIpc) is 2.45. The van der Waals surface area contributed by atoms with Crippen LogP contribution in [0, 0.1) is 5.21 Å². The molecule has 0 radical (unpaired) electrons. The van der Waals surface area contributed by atoms with Gasteiger partial charge in [0.1, 0.15) is 5.56 Å². The summed E-state index contributed by atoms with van der Waals surface area (Å²) in [5, 5.41) is 17.1. The molecule has 0 saturated carbocycles. The monoisotopic (exact) mass is 271 g/mol. The summed E-state index contributed by atoms with van der Waals surface area (Å²) in [6.07, 6.45) is 2.75. The van der Waals surface area contributed by atoms with Crippen molar-refractivity contribution in [2.24, 2.45) is 5.10 Å². The lowest BCUT2D eigenvalue weighted by molar-refractivity contribution is -0.606. The molecule has 6 heteroatoms. The fourth-order valence-corrected chi connectivity index (χ4v) is 1.70. The number of pyridine rings is 1. The van der Waals surface area contributed by atoms with Crippen LogP contribution in [-0.4, -0.2) is 24.2 Å². The van der Waals surface area contributed by atoms with Crippen molar-refractivity contribution in [1.82, 2.24) is 5.01 Å². The average molecular weight is 272 g/mol. The molecule has 0 aromatic carbocycles. The van der Waals surface area contributed by atoms with Crippen molar-refractivity contribution in [2.45, 2.75) is 13.2 Å². The van der Waals surface area contributed by atoms with Crippen LogP contribution in [0.5, 0.6) is 0 Å². The predicted octanol–water partition coefficient (Wildman–Crippen LogP) is 1.05. The molecule has 0 bridgehead atoms. The molecule has 1 aromatic rings. The van der Waals surface area contributed by atoms with E-state index in [0.717, 1.165) is 0 Å². The molecular weight excluding hydrogens is 262 g/mol. The molecular formula is C9H10BrN3O2. The normalized spacial score (nSPS) is 20.1. The van der Waals surface area contributed by atoms with Crippen LogP contribution >= 0.6 is 15.9 Å². The summed E-state index contributed by atoms with van der Waals surface area (Å²) >= 11 is 3.25. The highest BCUT2D eigenvalue weighted by Gasteiger charge is 2.23. The second-order valence-electron chi connectivity index (χ2n) is 3.30. The Bertz CT molecular complexity index is 402. The molecule has 1 unspecified atom stereocenters. The number of hydrogen-bond donors (Lipinski definition) is 0. The summed E-state index contributed by atoms with van der Waals surface area (Å²) < 4.78 is 6.89. The van der Waals surface area contributed by atoms with Gasteiger partial charge in [-0.25, -0.2) is 0 Å². The Morgan fingerprint density at radius 3 is 2.87 bits per heavy atom. The van der Waals surface area contributed by atoms with Gasteiger partial charge in [0.15, 0.2) is 18.6 Å². The van der Waals surface area contributed by atoms with E-state index in [9.17, 15) is 5.21 Å². The fraction of sp³-hybridized carbons (Fsp3) is 0.333. The summed E-state index contributed by atoms with van der Waals surface area (Å²) in [4.78, 5) is 0. The van der Waals surface area contributed by atoms with E-state index in [0.29, 0.717) is 20.7 Å². The van der Waals surface area contributed by atoms with E-state index in [1.165, 1.54) is 12.4 Å². The van der Waals surface area contributed by atoms with Gasteiger partial charge >= 0.3 is 0 Å². The molecule has 0 saturated heterocycles. The molecule has 1 aliphatic rings. The highest BCUT2D eigenvalue weighted by atomic mass is 79.9. The summed E-state index contributed by atoms with van der Waals surface area (Å²) in [6, 6.07) is 1.79. The van der Waals surface area contributed by atoms with Gasteiger partial charge in [0, 0.05) is 7.05 Å². The predicted molar refractivity (Wildman–Crippen MR) is 57.9 cm³/mol.